The molecule has 0 atom stereocenters. The van der Waals surface area contributed by atoms with E-state index in [1.807, 2.05) is 32.0 Å². The summed E-state index contributed by atoms with van der Waals surface area (Å²) >= 11 is 1.65. The highest BCUT2D eigenvalue weighted by Gasteiger charge is 2.11. The van der Waals surface area contributed by atoms with Gasteiger partial charge in [0, 0.05) is 5.69 Å². The number of benzene rings is 1. The second kappa shape index (κ2) is 3.56. The van der Waals surface area contributed by atoms with Crippen LogP contribution in [0, 0.1) is 13.8 Å². The number of nitrogens with zero attached hydrogens (tertiary/aromatic N) is 2. The molecule has 17 heavy (non-hydrogen) atoms. The van der Waals surface area contributed by atoms with Crippen LogP contribution in [0.5, 0.6) is 0 Å². The van der Waals surface area contributed by atoms with Crippen LogP contribution in [0.15, 0.2) is 18.2 Å². The average molecular weight is 244 g/mol. The summed E-state index contributed by atoms with van der Waals surface area (Å²) in [6.45, 7) is 4.00. The number of imidazole rings is 1. The maximum Gasteiger partial charge on any atom is 0.150 e. The number of fused-ring (bicyclic) bond motifs is 1. The number of rotatable bonds is 1. The first-order valence-corrected chi connectivity index (χ1v) is 6.15. The Balaban J connectivity index is 2.21. The molecule has 0 saturated heterocycles. The molecule has 0 aliphatic rings. The molecular formula is C12H12N4S. The van der Waals surface area contributed by atoms with Crippen LogP contribution >= 0.6 is 11.3 Å². The Morgan fingerprint density at radius 2 is 2.06 bits per heavy atom. The van der Waals surface area contributed by atoms with Crippen LogP contribution in [0.3, 0.4) is 0 Å². The Labute approximate surface area is 103 Å². The molecule has 3 aromatic rings. The summed E-state index contributed by atoms with van der Waals surface area (Å²) in [5.74, 6) is 0.869. The van der Waals surface area contributed by atoms with Crippen LogP contribution < -0.4 is 5.73 Å². The predicted octanol–water partition coefficient (Wildman–Crippen LogP) is 2.89. The normalized spacial score (nSPS) is 11.2. The molecule has 0 unspecified atom stereocenters. The molecule has 0 bridgehead atoms. The standard InChI is InChI=1S/C12H12N4S/c1-6-11(17-7(2)14-6)12-15-9-4-3-8(13)5-10(9)16-12/h3-5H,13H2,1-2H3,(H,15,16). The molecule has 3 rings (SSSR count). The van der Waals surface area contributed by atoms with E-state index in [2.05, 4.69) is 15.0 Å². The van der Waals surface area contributed by atoms with Crippen LogP contribution in [0.2, 0.25) is 0 Å². The van der Waals surface area contributed by atoms with E-state index < -0.39 is 0 Å². The molecule has 0 aliphatic carbocycles. The van der Waals surface area contributed by atoms with E-state index in [0.717, 1.165) is 38.1 Å². The third kappa shape index (κ3) is 1.68. The van der Waals surface area contributed by atoms with Crippen molar-refractivity contribution in [1.82, 2.24) is 15.0 Å². The lowest BCUT2D eigenvalue weighted by molar-refractivity contribution is 1.19. The maximum absolute atomic E-state index is 5.75. The zero-order valence-corrected chi connectivity index (χ0v) is 10.4. The molecule has 2 aromatic heterocycles. The van der Waals surface area contributed by atoms with Crippen LogP contribution in [0.25, 0.3) is 21.7 Å². The molecule has 0 aliphatic heterocycles. The van der Waals surface area contributed by atoms with Crippen molar-refractivity contribution in [3.05, 3.63) is 28.9 Å². The number of nitrogens with one attached hydrogen (secondary N) is 1. The highest BCUT2D eigenvalue weighted by Crippen LogP contribution is 2.29. The third-order valence-electron chi connectivity index (χ3n) is 2.62. The molecule has 3 N–H and O–H groups in total. The first-order valence-electron chi connectivity index (χ1n) is 5.33. The maximum atomic E-state index is 5.75. The fourth-order valence-electron chi connectivity index (χ4n) is 1.89. The smallest absolute Gasteiger partial charge is 0.150 e. The SMILES string of the molecule is Cc1nc(C)c(-c2nc3ccc(N)cc3[nH]2)s1. The molecule has 0 radical (unpaired) electrons. The van der Waals surface area contributed by atoms with Crippen LogP contribution in [-0.2, 0) is 0 Å². The average Bonchev–Trinajstić information content (AvgIpc) is 2.80. The van der Waals surface area contributed by atoms with Gasteiger partial charge in [0.25, 0.3) is 0 Å². The Bertz CT molecular complexity index is 696. The molecule has 2 heterocycles. The van der Waals surface area contributed by atoms with Gasteiger partial charge in [-0.1, -0.05) is 0 Å². The number of aromatic nitrogens is 3. The number of nitrogens with two attached hydrogens (primary N) is 1. The van der Waals surface area contributed by atoms with Gasteiger partial charge >= 0.3 is 0 Å². The monoisotopic (exact) mass is 244 g/mol. The number of H-pyrrole nitrogens is 1. The van der Waals surface area contributed by atoms with Gasteiger partial charge in [-0.25, -0.2) is 9.97 Å². The van der Waals surface area contributed by atoms with Crippen molar-refractivity contribution < 1.29 is 0 Å². The summed E-state index contributed by atoms with van der Waals surface area (Å²) in [4.78, 5) is 13.3. The first kappa shape index (κ1) is 10.3. The van der Waals surface area contributed by atoms with Gasteiger partial charge in [0.05, 0.1) is 26.6 Å². The summed E-state index contributed by atoms with van der Waals surface area (Å²) < 4.78 is 0. The Morgan fingerprint density at radius 1 is 1.24 bits per heavy atom. The van der Waals surface area contributed by atoms with E-state index in [1.165, 1.54) is 0 Å². The second-order valence-corrected chi connectivity index (χ2v) is 5.21. The van der Waals surface area contributed by atoms with Gasteiger partial charge in [0.1, 0.15) is 0 Å². The van der Waals surface area contributed by atoms with Crippen molar-refractivity contribution >= 4 is 28.1 Å². The number of aromatic amines is 1. The van der Waals surface area contributed by atoms with Gasteiger partial charge in [-0.2, -0.15) is 0 Å². The van der Waals surface area contributed by atoms with Gasteiger partial charge < -0.3 is 10.7 Å². The van der Waals surface area contributed by atoms with Crippen molar-refractivity contribution in [3.8, 4) is 10.7 Å². The third-order valence-corrected chi connectivity index (χ3v) is 3.70. The predicted molar refractivity (Wildman–Crippen MR) is 71.1 cm³/mol. The van der Waals surface area contributed by atoms with Crippen LogP contribution in [0.1, 0.15) is 10.7 Å². The summed E-state index contributed by atoms with van der Waals surface area (Å²) in [6, 6.07) is 5.68. The van der Waals surface area contributed by atoms with Crippen molar-refractivity contribution in [3.63, 3.8) is 0 Å². The quantitative estimate of drug-likeness (QED) is 0.647. The lowest BCUT2D eigenvalue weighted by Gasteiger charge is -1.90. The topological polar surface area (TPSA) is 67.6 Å². The Kier molecular flexibility index (Phi) is 2.16. The lowest BCUT2D eigenvalue weighted by Crippen LogP contribution is -1.82. The molecule has 0 amide bonds. The molecule has 1 aromatic carbocycles. The number of thiazole rings is 1. The fraction of sp³-hybridized carbons (Fsp3) is 0.167. The number of aryl methyl sites for hydroxylation is 2. The molecule has 5 heteroatoms. The van der Waals surface area contributed by atoms with E-state index in [9.17, 15) is 0 Å². The zero-order chi connectivity index (χ0) is 12.0. The number of nitrogen functional groups attached to an aromatic ring is 1. The van der Waals surface area contributed by atoms with Gasteiger partial charge in [0.2, 0.25) is 0 Å². The summed E-state index contributed by atoms with van der Waals surface area (Å²) in [6.07, 6.45) is 0. The summed E-state index contributed by atoms with van der Waals surface area (Å²) in [7, 11) is 0. The lowest BCUT2D eigenvalue weighted by atomic mass is 10.3. The molecule has 86 valence electrons. The number of hydrogen-bond donors (Lipinski definition) is 2. The van der Waals surface area contributed by atoms with E-state index in [4.69, 9.17) is 5.73 Å². The summed E-state index contributed by atoms with van der Waals surface area (Å²) in [5.41, 5.74) is 9.40. The number of hydrogen-bond acceptors (Lipinski definition) is 4. The van der Waals surface area contributed by atoms with Crippen LogP contribution in [0.4, 0.5) is 5.69 Å². The zero-order valence-electron chi connectivity index (χ0n) is 9.61. The van der Waals surface area contributed by atoms with Gasteiger partial charge in [-0.05, 0) is 32.0 Å². The van der Waals surface area contributed by atoms with Gasteiger partial charge in [-0.15, -0.1) is 11.3 Å². The van der Waals surface area contributed by atoms with Gasteiger partial charge in [0.15, 0.2) is 5.82 Å². The Morgan fingerprint density at radius 3 is 2.76 bits per heavy atom. The largest absolute Gasteiger partial charge is 0.399 e. The fourth-order valence-corrected chi connectivity index (χ4v) is 2.75. The highest BCUT2D eigenvalue weighted by atomic mass is 32.1. The van der Waals surface area contributed by atoms with E-state index in [-0.39, 0.29) is 0 Å². The molecule has 0 spiro atoms. The van der Waals surface area contributed by atoms with E-state index in [1.54, 1.807) is 11.3 Å². The minimum absolute atomic E-state index is 0.741. The van der Waals surface area contributed by atoms with E-state index in [0.29, 0.717) is 0 Å². The molecule has 4 nitrogen and oxygen atoms in total. The Hall–Kier alpha value is -1.88. The van der Waals surface area contributed by atoms with Crippen LogP contribution in [-0.4, -0.2) is 15.0 Å². The van der Waals surface area contributed by atoms with Gasteiger partial charge in [-0.3, -0.25) is 0 Å². The minimum Gasteiger partial charge on any atom is -0.399 e. The molecular weight excluding hydrogens is 232 g/mol. The molecule has 0 fully saturated rings. The number of anilines is 1. The van der Waals surface area contributed by atoms with Crippen molar-refractivity contribution in [2.75, 3.05) is 5.73 Å². The van der Waals surface area contributed by atoms with E-state index >= 15 is 0 Å². The first-order chi connectivity index (χ1) is 8.13. The van der Waals surface area contributed by atoms with Crippen molar-refractivity contribution in [2.45, 2.75) is 13.8 Å². The second-order valence-electron chi connectivity index (χ2n) is 4.01. The molecule has 0 saturated carbocycles. The summed E-state index contributed by atoms with van der Waals surface area (Å²) in [5, 5.41) is 1.05. The highest BCUT2D eigenvalue weighted by molar-refractivity contribution is 7.15. The van der Waals surface area contributed by atoms with Crippen molar-refractivity contribution in [2.24, 2.45) is 0 Å². The minimum atomic E-state index is 0.741. The van der Waals surface area contributed by atoms with Crippen molar-refractivity contribution in [1.29, 1.82) is 0 Å².